The van der Waals surface area contributed by atoms with Crippen molar-refractivity contribution in [3.05, 3.63) is 82.3 Å². The van der Waals surface area contributed by atoms with E-state index in [1.54, 1.807) is 24.3 Å². The number of anilines is 1. The molecule has 0 radical (unpaired) electrons. The maximum Gasteiger partial charge on any atom is 0.264 e. The minimum atomic E-state index is -4.11. The predicted molar refractivity (Wildman–Crippen MR) is 128 cm³/mol. The van der Waals surface area contributed by atoms with Crippen molar-refractivity contribution in [1.29, 1.82) is 0 Å². The molecule has 33 heavy (non-hydrogen) atoms. The average Bonchev–Trinajstić information content (AvgIpc) is 2.78. The standard InChI is InChI=1S/C22H19Cl2N3O5S/c1-32-21-9-15(7-8-20(21)28)13-25-26-22(29)14-27(18-11-16(23)10-17(24)12-18)33(30,31)19-5-3-2-4-6-19/h2-13,28H,14H2,1H3,(H,26,29)/b25-13-. The van der Waals surface area contributed by atoms with E-state index >= 15 is 0 Å². The van der Waals surface area contributed by atoms with Crippen molar-refractivity contribution in [3.8, 4) is 11.5 Å². The first kappa shape index (κ1) is 24.4. The fourth-order valence-electron chi connectivity index (χ4n) is 2.84. The van der Waals surface area contributed by atoms with Crippen LogP contribution in [-0.4, -0.2) is 39.3 Å². The molecule has 172 valence electrons. The second kappa shape index (κ2) is 10.6. The Labute approximate surface area is 201 Å². The number of hydrogen-bond donors (Lipinski definition) is 2. The smallest absolute Gasteiger partial charge is 0.264 e. The van der Waals surface area contributed by atoms with Crippen molar-refractivity contribution in [2.45, 2.75) is 4.90 Å². The molecule has 0 fully saturated rings. The molecule has 0 saturated carbocycles. The third-order valence-corrected chi connectivity index (χ3v) is 6.58. The minimum Gasteiger partial charge on any atom is -0.504 e. The van der Waals surface area contributed by atoms with E-state index in [2.05, 4.69) is 10.5 Å². The number of amides is 1. The van der Waals surface area contributed by atoms with Gasteiger partial charge in [-0.1, -0.05) is 41.4 Å². The van der Waals surface area contributed by atoms with E-state index in [-0.39, 0.29) is 32.1 Å². The molecule has 0 aliphatic carbocycles. The molecule has 1 amide bonds. The number of halogens is 2. The van der Waals surface area contributed by atoms with Gasteiger partial charge in [0.05, 0.1) is 23.9 Å². The molecule has 8 nitrogen and oxygen atoms in total. The Hall–Kier alpha value is -3.27. The van der Waals surface area contributed by atoms with E-state index in [0.29, 0.717) is 5.56 Å². The van der Waals surface area contributed by atoms with Gasteiger partial charge >= 0.3 is 0 Å². The first-order valence-corrected chi connectivity index (χ1v) is 11.6. The van der Waals surface area contributed by atoms with Crippen LogP contribution in [0.3, 0.4) is 0 Å². The van der Waals surface area contributed by atoms with Gasteiger partial charge in [-0.2, -0.15) is 5.10 Å². The molecule has 3 aromatic carbocycles. The van der Waals surface area contributed by atoms with E-state index in [1.165, 1.54) is 55.8 Å². The van der Waals surface area contributed by atoms with Gasteiger partial charge in [0.15, 0.2) is 11.5 Å². The summed E-state index contributed by atoms with van der Waals surface area (Å²) in [6.45, 7) is -0.579. The van der Waals surface area contributed by atoms with Crippen molar-refractivity contribution < 1.29 is 23.1 Å². The zero-order valence-electron chi connectivity index (χ0n) is 17.3. The lowest BCUT2D eigenvalue weighted by Crippen LogP contribution is -2.39. The van der Waals surface area contributed by atoms with Gasteiger partial charge in [0, 0.05) is 10.0 Å². The molecule has 0 unspecified atom stereocenters. The van der Waals surface area contributed by atoms with Gasteiger partial charge in [-0.05, 0) is 54.1 Å². The van der Waals surface area contributed by atoms with Crippen molar-refractivity contribution in [2.24, 2.45) is 5.10 Å². The summed E-state index contributed by atoms with van der Waals surface area (Å²) in [5, 5.41) is 13.9. The Morgan fingerprint density at radius 3 is 2.39 bits per heavy atom. The largest absolute Gasteiger partial charge is 0.504 e. The Morgan fingerprint density at radius 1 is 1.09 bits per heavy atom. The van der Waals surface area contributed by atoms with Gasteiger partial charge in [-0.3, -0.25) is 9.10 Å². The number of rotatable bonds is 8. The molecule has 0 atom stereocenters. The van der Waals surface area contributed by atoms with Crippen molar-refractivity contribution in [2.75, 3.05) is 18.0 Å². The van der Waals surface area contributed by atoms with Gasteiger partial charge in [-0.25, -0.2) is 13.8 Å². The van der Waals surface area contributed by atoms with Crippen LogP contribution >= 0.6 is 23.2 Å². The number of hydrazone groups is 1. The number of aromatic hydroxyl groups is 1. The average molecular weight is 508 g/mol. The topological polar surface area (TPSA) is 108 Å². The molecule has 0 heterocycles. The molecule has 11 heteroatoms. The molecule has 3 rings (SSSR count). The molecule has 0 bridgehead atoms. The highest BCUT2D eigenvalue weighted by Gasteiger charge is 2.27. The first-order chi connectivity index (χ1) is 15.7. The lowest BCUT2D eigenvalue weighted by Gasteiger charge is -2.24. The molecule has 0 aromatic heterocycles. The second-order valence-electron chi connectivity index (χ2n) is 6.68. The number of sulfonamides is 1. The highest BCUT2D eigenvalue weighted by atomic mass is 35.5. The molecule has 3 aromatic rings. The molecule has 2 N–H and O–H groups in total. The number of nitrogens with one attached hydrogen (secondary N) is 1. The number of methoxy groups -OCH3 is 1. The van der Waals surface area contributed by atoms with E-state index in [1.807, 2.05) is 0 Å². The van der Waals surface area contributed by atoms with Gasteiger partial charge in [0.25, 0.3) is 15.9 Å². The lowest BCUT2D eigenvalue weighted by atomic mass is 10.2. The summed E-state index contributed by atoms with van der Waals surface area (Å²) < 4.78 is 32.5. The van der Waals surface area contributed by atoms with Crippen LogP contribution in [0.4, 0.5) is 5.69 Å². The van der Waals surface area contributed by atoms with Crippen LogP contribution in [0.1, 0.15) is 5.56 Å². The third-order valence-electron chi connectivity index (χ3n) is 4.36. The monoisotopic (exact) mass is 507 g/mol. The molecule has 0 aliphatic rings. The maximum absolute atomic E-state index is 13.3. The lowest BCUT2D eigenvalue weighted by molar-refractivity contribution is -0.119. The number of nitrogens with zero attached hydrogens (tertiary/aromatic N) is 2. The maximum atomic E-state index is 13.3. The summed E-state index contributed by atoms with van der Waals surface area (Å²) in [6.07, 6.45) is 1.33. The van der Waals surface area contributed by atoms with Crippen LogP contribution in [0.15, 0.2) is 76.7 Å². The van der Waals surface area contributed by atoms with Crippen molar-refractivity contribution in [3.63, 3.8) is 0 Å². The van der Waals surface area contributed by atoms with E-state index in [0.717, 1.165) is 4.31 Å². The van der Waals surface area contributed by atoms with E-state index < -0.39 is 22.5 Å². The van der Waals surface area contributed by atoms with Crippen molar-refractivity contribution >= 4 is 51.0 Å². The van der Waals surface area contributed by atoms with Crippen LogP contribution in [0.5, 0.6) is 11.5 Å². The Morgan fingerprint density at radius 2 is 1.76 bits per heavy atom. The molecule has 0 aliphatic heterocycles. The highest BCUT2D eigenvalue weighted by Crippen LogP contribution is 2.29. The van der Waals surface area contributed by atoms with Crippen LogP contribution < -0.4 is 14.5 Å². The number of hydrogen-bond acceptors (Lipinski definition) is 6. The highest BCUT2D eigenvalue weighted by molar-refractivity contribution is 7.92. The summed E-state index contributed by atoms with van der Waals surface area (Å²) >= 11 is 12.1. The van der Waals surface area contributed by atoms with Crippen LogP contribution in [0, 0.1) is 0 Å². The van der Waals surface area contributed by atoms with Crippen LogP contribution in [0.25, 0.3) is 0 Å². The second-order valence-corrected chi connectivity index (χ2v) is 9.41. The summed E-state index contributed by atoms with van der Waals surface area (Å²) in [5.74, 6) is -0.503. The van der Waals surface area contributed by atoms with Gasteiger partial charge in [-0.15, -0.1) is 0 Å². The number of ether oxygens (including phenoxy) is 1. The fraction of sp³-hybridized carbons (Fsp3) is 0.0909. The summed E-state index contributed by atoms with van der Waals surface area (Å²) in [6, 6.07) is 16.4. The first-order valence-electron chi connectivity index (χ1n) is 9.43. The summed E-state index contributed by atoms with van der Waals surface area (Å²) in [7, 11) is -2.71. The Kier molecular flexibility index (Phi) is 7.80. The van der Waals surface area contributed by atoms with Gasteiger partial charge in [0.1, 0.15) is 6.54 Å². The quantitative estimate of drug-likeness (QED) is 0.353. The van der Waals surface area contributed by atoms with Crippen LogP contribution in [0.2, 0.25) is 10.0 Å². The normalized spacial score (nSPS) is 11.4. The third kappa shape index (κ3) is 6.16. The summed E-state index contributed by atoms with van der Waals surface area (Å²) in [5.41, 5.74) is 2.96. The molecular weight excluding hydrogens is 489 g/mol. The number of carbonyl (C=O) groups is 1. The van der Waals surface area contributed by atoms with E-state index in [4.69, 9.17) is 27.9 Å². The minimum absolute atomic E-state index is 0.00594. The predicted octanol–water partition coefficient (Wildman–Crippen LogP) is 4.05. The molecule has 0 spiro atoms. The van der Waals surface area contributed by atoms with E-state index in [9.17, 15) is 18.3 Å². The van der Waals surface area contributed by atoms with Crippen LogP contribution in [-0.2, 0) is 14.8 Å². The zero-order chi connectivity index (χ0) is 24.0. The molecular formula is C22H19Cl2N3O5S. The van der Waals surface area contributed by atoms with Gasteiger partial charge < -0.3 is 9.84 Å². The molecule has 0 saturated heterocycles. The number of carbonyl (C=O) groups excluding carboxylic acids is 1. The summed E-state index contributed by atoms with van der Waals surface area (Å²) in [4.78, 5) is 12.6. The zero-order valence-corrected chi connectivity index (χ0v) is 19.6. The number of phenols is 1. The van der Waals surface area contributed by atoms with Gasteiger partial charge in [0.2, 0.25) is 0 Å². The van der Waals surface area contributed by atoms with Crippen molar-refractivity contribution in [1.82, 2.24) is 5.43 Å². The SMILES string of the molecule is COc1cc(/C=N\NC(=O)CN(c2cc(Cl)cc(Cl)c2)S(=O)(=O)c2ccccc2)ccc1O. The fourth-order valence-corrected chi connectivity index (χ4v) is 4.78. The Bertz CT molecular complexity index is 1260. The number of phenolic OH excluding ortho intramolecular Hbond substituents is 1. The number of benzene rings is 3. The Balaban J connectivity index is 1.85.